The molecule has 0 spiro atoms. The van der Waals surface area contributed by atoms with Gasteiger partial charge in [0.2, 0.25) is 0 Å². The molecule has 0 radical (unpaired) electrons. The first-order chi connectivity index (χ1) is 9.66. The van der Waals surface area contributed by atoms with Crippen LogP contribution in [0.4, 0.5) is 0 Å². The van der Waals surface area contributed by atoms with Gasteiger partial charge in [-0.25, -0.2) is 0 Å². The summed E-state index contributed by atoms with van der Waals surface area (Å²) >= 11 is 0. The predicted octanol–water partition coefficient (Wildman–Crippen LogP) is 4.09. The average Bonchev–Trinajstić information content (AvgIpc) is 2.41. The van der Waals surface area contributed by atoms with E-state index < -0.39 is 5.97 Å². The maximum absolute atomic E-state index is 11.3. The standard InChI is InChI=1S/C16H28O4/c1-2-3-4-5-6-7-11-14-20-16(19)13-10-8-9-12-15(17)18/h7,11H,2-6,8-10,12-14H2,1H3,(H,17,18)/b11-7-. The first kappa shape index (κ1) is 18.7. The Kier molecular flexibility index (Phi) is 13.2. The summed E-state index contributed by atoms with van der Waals surface area (Å²) in [6.45, 7) is 2.54. The maximum atomic E-state index is 11.3. The van der Waals surface area contributed by atoms with Gasteiger partial charge in [-0.05, 0) is 25.7 Å². The Hall–Kier alpha value is -1.32. The van der Waals surface area contributed by atoms with Crippen LogP contribution in [0, 0.1) is 0 Å². The first-order valence-electron chi connectivity index (χ1n) is 7.69. The van der Waals surface area contributed by atoms with Crippen LogP contribution in [-0.2, 0) is 14.3 Å². The van der Waals surface area contributed by atoms with Crippen molar-refractivity contribution < 1.29 is 19.4 Å². The molecule has 0 aliphatic heterocycles. The van der Waals surface area contributed by atoms with Crippen molar-refractivity contribution in [3.05, 3.63) is 12.2 Å². The molecule has 4 heteroatoms. The Morgan fingerprint density at radius 2 is 1.65 bits per heavy atom. The monoisotopic (exact) mass is 284 g/mol. The van der Waals surface area contributed by atoms with E-state index in [0.29, 0.717) is 25.9 Å². The zero-order valence-corrected chi connectivity index (χ0v) is 12.6. The van der Waals surface area contributed by atoms with Crippen molar-refractivity contribution in [3.63, 3.8) is 0 Å². The zero-order valence-electron chi connectivity index (χ0n) is 12.6. The third kappa shape index (κ3) is 14.7. The second-order valence-electron chi connectivity index (χ2n) is 4.96. The third-order valence-corrected chi connectivity index (χ3v) is 3.00. The fourth-order valence-corrected chi connectivity index (χ4v) is 1.81. The molecule has 1 N–H and O–H groups in total. The van der Waals surface area contributed by atoms with Crippen LogP contribution in [-0.4, -0.2) is 23.7 Å². The normalized spacial score (nSPS) is 10.8. The van der Waals surface area contributed by atoms with Gasteiger partial charge in [0.05, 0.1) is 0 Å². The molecule has 0 rings (SSSR count). The molecule has 0 amide bonds. The third-order valence-electron chi connectivity index (χ3n) is 3.00. The lowest BCUT2D eigenvalue weighted by Gasteiger charge is -2.01. The van der Waals surface area contributed by atoms with Crippen LogP contribution in [0.1, 0.15) is 71.1 Å². The van der Waals surface area contributed by atoms with Crippen molar-refractivity contribution in [1.29, 1.82) is 0 Å². The van der Waals surface area contributed by atoms with Crippen molar-refractivity contribution in [2.24, 2.45) is 0 Å². The summed E-state index contributed by atoms with van der Waals surface area (Å²) in [7, 11) is 0. The molecule has 0 saturated carbocycles. The summed E-state index contributed by atoms with van der Waals surface area (Å²) in [6.07, 6.45) is 12.6. The lowest BCUT2D eigenvalue weighted by atomic mass is 10.1. The van der Waals surface area contributed by atoms with Gasteiger partial charge < -0.3 is 9.84 Å². The Morgan fingerprint density at radius 1 is 0.950 bits per heavy atom. The molecule has 0 atom stereocenters. The number of allylic oxidation sites excluding steroid dienone is 1. The highest BCUT2D eigenvalue weighted by atomic mass is 16.5. The fraction of sp³-hybridized carbons (Fsp3) is 0.750. The number of hydrogen-bond donors (Lipinski definition) is 1. The summed E-state index contributed by atoms with van der Waals surface area (Å²) in [5.74, 6) is -0.979. The van der Waals surface area contributed by atoms with E-state index in [4.69, 9.17) is 9.84 Å². The number of esters is 1. The molecular formula is C16H28O4. The Morgan fingerprint density at radius 3 is 2.35 bits per heavy atom. The van der Waals surface area contributed by atoms with Crippen molar-refractivity contribution in [2.75, 3.05) is 6.61 Å². The molecule has 0 aliphatic rings. The van der Waals surface area contributed by atoms with E-state index in [1.807, 2.05) is 6.08 Å². The number of hydrogen-bond acceptors (Lipinski definition) is 3. The second-order valence-corrected chi connectivity index (χ2v) is 4.96. The van der Waals surface area contributed by atoms with E-state index in [0.717, 1.165) is 12.8 Å². The van der Waals surface area contributed by atoms with Crippen LogP contribution in [0.15, 0.2) is 12.2 Å². The summed E-state index contributed by atoms with van der Waals surface area (Å²) < 4.78 is 5.06. The largest absolute Gasteiger partial charge is 0.481 e. The molecule has 116 valence electrons. The predicted molar refractivity (Wildman–Crippen MR) is 79.6 cm³/mol. The van der Waals surface area contributed by atoms with Crippen LogP contribution in [0.5, 0.6) is 0 Å². The summed E-state index contributed by atoms with van der Waals surface area (Å²) in [5.41, 5.74) is 0. The Balaban J connectivity index is 3.31. The molecule has 20 heavy (non-hydrogen) atoms. The average molecular weight is 284 g/mol. The SMILES string of the molecule is CCCCCC/C=C\COC(=O)CCCCCC(=O)O. The molecule has 0 fully saturated rings. The van der Waals surface area contributed by atoms with Crippen LogP contribution < -0.4 is 0 Å². The van der Waals surface area contributed by atoms with Gasteiger partial charge in [-0.15, -0.1) is 0 Å². The van der Waals surface area contributed by atoms with Crippen LogP contribution >= 0.6 is 0 Å². The van der Waals surface area contributed by atoms with Gasteiger partial charge in [-0.2, -0.15) is 0 Å². The number of carbonyl (C=O) groups is 2. The van der Waals surface area contributed by atoms with Crippen LogP contribution in [0.2, 0.25) is 0 Å². The van der Waals surface area contributed by atoms with E-state index in [9.17, 15) is 9.59 Å². The fourth-order valence-electron chi connectivity index (χ4n) is 1.81. The van der Waals surface area contributed by atoms with Crippen molar-refractivity contribution in [2.45, 2.75) is 71.1 Å². The lowest BCUT2D eigenvalue weighted by molar-refractivity contribution is -0.142. The smallest absolute Gasteiger partial charge is 0.306 e. The molecule has 0 bridgehead atoms. The molecule has 0 aromatic rings. The lowest BCUT2D eigenvalue weighted by Crippen LogP contribution is -2.04. The van der Waals surface area contributed by atoms with Gasteiger partial charge in [0.25, 0.3) is 0 Å². The van der Waals surface area contributed by atoms with E-state index in [-0.39, 0.29) is 12.4 Å². The molecule has 0 heterocycles. The number of carbonyl (C=O) groups excluding carboxylic acids is 1. The van der Waals surface area contributed by atoms with Gasteiger partial charge in [0, 0.05) is 12.8 Å². The van der Waals surface area contributed by atoms with E-state index in [1.165, 1.54) is 25.7 Å². The van der Waals surface area contributed by atoms with Crippen molar-refractivity contribution in [3.8, 4) is 0 Å². The summed E-state index contributed by atoms with van der Waals surface area (Å²) in [6, 6.07) is 0. The molecule has 0 aromatic heterocycles. The van der Waals surface area contributed by atoms with Crippen molar-refractivity contribution >= 4 is 11.9 Å². The Labute approximate surface area is 122 Å². The van der Waals surface area contributed by atoms with Gasteiger partial charge in [-0.3, -0.25) is 9.59 Å². The molecular weight excluding hydrogens is 256 g/mol. The quantitative estimate of drug-likeness (QED) is 0.314. The van der Waals surface area contributed by atoms with Crippen LogP contribution in [0.3, 0.4) is 0 Å². The Bertz CT molecular complexity index is 284. The minimum absolute atomic E-state index is 0.176. The molecule has 0 aromatic carbocycles. The second kappa shape index (κ2) is 14.1. The van der Waals surface area contributed by atoms with Crippen LogP contribution in [0.25, 0.3) is 0 Å². The molecule has 0 aliphatic carbocycles. The number of unbranched alkanes of at least 4 members (excludes halogenated alkanes) is 6. The molecule has 4 nitrogen and oxygen atoms in total. The number of carboxylic acids is 1. The minimum Gasteiger partial charge on any atom is -0.481 e. The number of ether oxygens (including phenoxy) is 1. The van der Waals surface area contributed by atoms with Gasteiger partial charge in [-0.1, -0.05) is 44.8 Å². The van der Waals surface area contributed by atoms with E-state index in [2.05, 4.69) is 13.0 Å². The first-order valence-corrected chi connectivity index (χ1v) is 7.69. The molecule has 0 unspecified atom stereocenters. The van der Waals surface area contributed by atoms with E-state index in [1.54, 1.807) is 0 Å². The van der Waals surface area contributed by atoms with Gasteiger partial charge in [0.15, 0.2) is 0 Å². The topological polar surface area (TPSA) is 63.6 Å². The van der Waals surface area contributed by atoms with E-state index >= 15 is 0 Å². The summed E-state index contributed by atoms with van der Waals surface area (Å²) in [5, 5.41) is 8.46. The summed E-state index contributed by atoms with van der Waals surface area (Å²) in [4.78, 5) is 21.6. The minimum atomic E-state index is -0.781. The van der Waals surface area contributed by atoms with Gasteiger partial charge >= 0.3 is 11.9 Å². The number of carboxylic acid groups (broad SMARTS) is 1. The van der Waals surface area contributed by atoms with Crippen molar-refractivity contribution in [1.82, 2.24) is 0 Å². The highest BCUT2D eigenvalue weighted by Crippen LogP contribution is 2.05. The maximum Gasteiger partial charge on any atom is 0.306 e. The highest BCUT2D eigenvalue weighted by Gasteiger charge is 2.02. The zero-order chi connectivity index (χ0) is 15.1. The highest BCUT2D eigenvalue weighted by molar-refractivity contribution is 5.69. The number of rotatable bonds is 13. The van der Waals surface area contributed by atoms with Gasteiger partial charge in [0.1, 0.15) is 6.61 Å². The molecule has 0 saturated heterocycles. The number of aliphatic carboxylic acids is 1.